The van der Waals surface area contributed by atoms with Gasteiger partial charge in [0.1, 0.15) is 5.75 Å². The average molecular weight is 306 g/mol. The Bertz CT molecular complexity index is 696. The predicted octanol–water partition coefficient (Wildman–Crippen LogP) is 2.28. The van der Waals surface area contributed by atoms with Crippen LogP contribution in [0.2, 0.25) is 5.28 Å². The van der Waals surface area contributed by atoms with E-state index in [0.29, 0.717) is 29.7 Å². The number of rotatable bonds is 2. The second-order valence-electron chi connectivity index (χ2n) is 5.04. The SMILES string of the molecule is COc1cccc(C(=O)N2CCc3nc(Cl)n(C)c3C2)c1. The molecule has 0 unspecified atom stereocenters. The average Bonchev–Trinajstić information content (AvgIpc) is 2.81. The lowest BCUT2D eigenvalue weighted by Gasteiger charge is -2.27. The van der Waals surface area contributed by atoms with Gasteiger partial charge in [-0.2, -0.15) is 0 Å². The van der Waals surface area contributed by atoms with Crippen LogP contribution in [-0.4, -0.2) is 34.0 Å². The second-order valence-corrected chi connectivity index (χ2v) is 5.38. The molecule has 1 aliphatic heterocycles. The summed E-state index contributed by atoms with van der Waals surface area (Å²) in [6, 6.07) is 7.21. The number of aromatic nitrogens is 2. The van der Waals surface area contributed by atoms with Gasteiger partial charge in [-0.25, -0.2) is 4.98 Å². The summed E-state index contributed by atoms with van der Waals surface area (Å²) < 4.78 is 7.00. The van der Waals surface area contributed by atoms with Crippen molar-refractivity contribution in [2.75, 3.05) is 13.7 Å². The van der Waals surface area contributed by atoms with Crippen molar-refractivity contribution in [3.05, 3.63) is 46.5 Å². The van der Waals surface area contributed by atoms with Gasteiger partial charge in [0, 0.05) is 25.6 Å². The molecule has 0 radical (unpaired) electrons. The fraction of sp³-hybridized carbons (Fsp3) is 0.333. The van der Waals surface area contributed by atoms with Gasteiger partial charge in [-0.3, -0.25) is 4.79 Å². The molecule has 3 rings (SSSR count). The van der Waals surface area contributed by atoms with Crippen LogP contribution in [-0.2, 0) is 20.0 Å². The molecule has 0 bridgehead atoms. The highest BCUT2D eigenvalue weighted by molar-refractivity contribution is 6.28. The zero-order chi connectivity index (χ0) is 15.0. The summed E-state index contributed by atoms with van der Waals surface area (Å²) in [6.45, 7) is 1.18. The minimum atomic E-state index is -0.00290. The molecular weight excluding hydrogens is 290 g/mol. The maximum atomic E-state index is 12.6. The van der Waals surface area contributed by atoms with Gasteiger partial charge < -0.3 is 14.2 Å². The number of carbonyl (C=O) groups excluding carboxylic acids is 1. The van der Waals surface area contributed by atoms with Gasteiger partial charge in [0.2, 0.25) is 5.28 Å². The van der Waals surface area contributed by atoms with Crippen molar-refractivity contribution in [3.63, 3.8) is 0 Å². The molecule has 0 spiro atoms. The molecule has 21 heavy (non-hydrogen) atoms. The van der Waals surface area contributed by atoms with Gasteiger partial charge in [-0.15, -0.1) is 0 Å². The van der Waals surface area contributed by atoms with Crippen molar-refractivity contribution in [1.82, 2.24) is 14.5 Å². The lowest BCUT2D eigenvalue weighted by molar-refractivity contribution is 0.0729. The Kier molecular flexibility index (Phi) is 3.59. The molecule has 0 aliphatic carbocycles. The molecule has 0 atom stereocenters. The third-order valence-electron chi connectivity index (χ3n) is 3.81. The summed E-state index contributed by atoms with van der Waals surface area (Å²) in [5, 5.41) is 0.468. The molecule has 1 aromatic heterocycles. The number of halogens is 1. The Morgan fingerprint density at radius 2 is 2.24 bits per heavy atom. The maximum absolute atomic E-state index is 12.6. The lowest BCUT2D eigenvalue weighted by atomic mass is 10.1. The van der Waals surface area contributed by atoms with Crippen LogP contribution in [0.4, 0.5) is 0 Å². The summed E-state index contributed by atoms with van der Waals surface area (Å²) in [4.78, 5) is 18.7. The minimum absolute atomic E-state index is 0.00290. The molecule has 2 heterocycles. The Labute approximate surface area is 128 Å². The molecule has 1 aromatic carbocycles. The quantitative estimate of drug-likeness (QED) is 0.855. The minimum Gasteiger partial charge on any atom is -0.497 e. The highest BCUT2D eigenvalue weighted by Gasteiger charge is 2.26. The summed E-state index contributed by atoms with van der Waals surface area (Å²) in [5.74, 6) is 0.680. The van der Waals surface area contributed by atoms with Crippen molar-refractivity contribution in [1.29, 1.82) is 0 Å². The topological polar surface area (TPSA) is 47.4 Å². The number of benzene rings is 1. The molecule has 0 saturated heterocycles. The monoisotopic (exact) mass is 305 g/mol. The van der Waals surface area contributed by atoms with E-state index in [1.807, 2.05) is 28.6 Å². The predicted molar refractivity (Wildman–Crippen MR) is 79.7 cm³/mol. The molecule has 0 fully saturated rings. The standard InChI is InChI=1S/C15H16ClN3O2/c1-18-13-9-19(7-6-12(13)17-15(18)16)14(20)10-4-3-5-11(8-10)21-2/h3-5,8H,6-7,9H2,1-2H3. The van der Waals surface area contributed by atoms with E-state index in [-0.39, 0.29) is 5.91 Å². The number of fused-ring (bicyclic) bond motifs is 1. The summed E-state index contributed by atoms with van der Waals surface area (Å²) >= 11 is 6.04. The van der Waals surface area contributed by atoms with Gasteiger partial charge in [-0.1, -0.05) is 6.07 Å². The van der Waals surface area contributed by atoms with E-state index in [4.69, 9.17) is 16.3 Å². The van der Waals surface area contributed by atoms with Gasteiger partial charge in [0.25, 0.3) is 5.91 Å². The van der Waals surface area contributed by atoms with Crippen LogP contribution >= 0.6 is 11.6 Å². The molecule has 2 aromatic rings. The third-order valence-corrected chi connectivity index (χ3v) is 4.14. The first kappa shape index (κ1) is 13.9. The zero-order valence-electron chi connectivity index (χ0n) is 12.0. The molecule has 6 heteroatoms. The Morgan fingerprint density at radius 3 is 3.00 bits per heavy atom. The largest absolute Gasteiger partial charge is 0.497 e. The van der Waals surface area contributed by atoms with Crippen LogP contribution in [0.5, 0.6) is 5.75 Å². The molecule has 110 valence electrons. The number of hydrogen-bond acceptors (Lipinski definition) is 3. The second kappa shape index (κ2) is 5.41. The van der Waals surface area contributed by atoms with Crippen molar-refractivity contribution in [2.24, 2.45) is 7.05 Å². The van der Waals surface area contributed by atoms with Crippen LogP contribution < -0.4 is 4.74 Å². The number of carbonyl (C=O) groups is 1. The van der Waals surface area contributed by atoms with Crippen LogP contribution in [0, 0.1) is 0 Å². The number of imidazole rings is 1. The van der Waals surface area contributed by atoms with Gasteiger partial charge in [0.05, 0.1) is 25.0 Å². The molecular formula is C15H16ClN3O2. The van der Waals surface area contributed by atoms with Crippen molar-refractivity contribution >= 4 is 17.5 Å². The zero-order valence-corrected chi connectivity index (χ0v) is 12.7. The molecule has 1 amide bonds. The van der Waals surface area contributed by atoms with E-state index in [2.05, 4.69) is 4.98 Å². The van der Waals surface area contributed by atoms with E-state index < -0.39 is 0 Å². The van der Waals surface area contributed by atoms with Crippen LogP contribution in [0.25, 0.3) is 0 Å². The summed E-state index contributed by atoms with van der Waals surface area (Å²) in [6.07, 6.45) is 0.728. The van der Waals surface area contributed by atoms with Crippen LogP contribution in [0.15, 0.2) is 24.3 Å². The van der Waals surface area contributed by atoms with Crippen LogP contribution in [0.3, 0.4) is 0 Å². The lowest BCUT2D eigenvalue weighted by Crippen LogP contribution is -2.36. The Balaban J connectivity index is 1.85. The maximum Gasteiger partial charge on any atom is 0.254 e. The van der Waals surface area contributed by atoms with Crippen LogP contribution in [0.1, 0.15) is 21.7 Å². The summed E-state index contributed by atoms with van der Waals surface area (Å²) in [5.41, 5.74) is 2.62. The first-order valence-electron chi connectivity index (χ1n) is 6.73. The van der Waals surface area contributed by atoms with E-state index in [0.717, 1.165) is 17.8 Å². The highest BCUT2D eigenvalue weighted by Crippen LogP contribution is 2.23. The Hall–Kier alpha value is -2.01. The third kappa shape index (κ3) is 2.49. The fourth-order valence-corrected chi connectivity index (χ4v) is 2.77. The number of nitrogens with zero attached hydrogens (tertiary/aromatic N) is 3. The Morgan fingerprint density at radius 1 is 1.43 bits per heavy atom. The molecule has 0 N–H and O–H groups in total. The highest BCUT2D eigenvalue weighted by atomic mass is 35.5. The van der Waals surface area contributed by atoms with E-state index >= 15 is 0 Å². The first-order chi connectivity index (χ1) is 10.1. The number of ether oxygens (including phenoxy) is 1. The van der Waals surface area contributed by atoms with Crippen molar-refractivity contribution in [3.8, 4) is 5.75 Å². The normalized spacial score (nSPS) is 14.0. The molecule has 5 nitrogen and oxygen atoms in total. The van der Waals surface area contributed by atoms with Gasteiger partial charge >= 0.3 is 0 Å². The smallest absolute Gasteiger partial charge is 0.254 e. The number of amides is 1. The fourth-order valence-electron chi connectivity index (χ4n) is 2.57. The van der Waals surface area contributed by atoms with E-state index in [9.17, 15) is 4.79 Å². The van der Waals surface area contributed by atoms with E-state index in [1.165, 1.54) is 0 Å². The molecule has 0 saturated carbocycles. The molecule has 1 aliphatic rings. The number of hydrogen-bond donors (Lipinski definition) is 0. The number of methoxy groups -OCH3 is 1. The van der Waals surface area contributed by atoms with Gasteiger partial charge in [0.15, 0.2) is 0 Å². The van der Waals surface area contributed by atoms with Gasteiger partial charge in [-0.05, 0) is 29.8 Å². The van der Waals surface area contributed by atoms with E-state index in [1.54, 1.807) is 19.2 Å². The van der Waals surface area contributed by atoms with Crippen molar-refractivity contribution in [2.45, 2.75) is 13.0 Å². The van der Waals surface area contributed by atoms with Crippen molar-refractivity contribution < 1.29 is 9.53 Å². The first-order valence-corrected chi connectivity index (χ1v) is 7.11. The summed E-state index contributed by atoms with van der Waals surface area (Å²) in [7, 11) is 3.46.